The van der Waals surface area contributed by atoms with E-state index in [9.17, 15) is 22.8 Å². The standard InChI is InChI=1S/C14H9N3O6S/c15-24(21,22)8-5-6-11(16-7-8)14(20)23-17-12(18)9-3-1-2-4-10(9)13(17)19/h1-7H,(H2,15,21,22). The molecule has 1 aromatic carbocycles. The van der Waals surface area contributed by atoms with Crippen molar-refractivity contribution in [3.05, 3.63) is 59.4 Å². The summed E-state index contributed by atoms with van der Waals surface area (Å²) in [6.07, 6.45) is 0.869. The molecule has 0 saturated carbocycles. The summed E-state index contributed by atoms with van der Waals surface area (Å²) < 4.78 is 22.3. The van der Waals surface area contributed by atoms with Crippen molar-refractivity contribution in [2.45, 2.75) is 4.90 Å². The first-order valence-corrected chi connectivity index (χ1v) is 8.02. The summed E-state index contributed by atoms with van der Waals surface area (Å²) in [4.78, 5) is 44.2. The normalized spacial score (nSPS) is 13.8. The van der Waals surface area contributed by atoms with E-state index in [2.05, 4.69) is 4.98 Å². The molecule has 0 bridgehead atoms. The number of sulfonamides is 1. The van der Waals surface area contributed by atoms with Crippen molar-refractivity contribution >= 4 is 27.8 Å². The zero-order valence-electron chi connectivity index (χ0n) is 11.9. The fraction of sp³-hybridized carbons (Fsp3) is 0. The smallest absolute Gasteiger partial charge is 0.323 e. The zero-order valence-corrected chi connectivity index (χ0v) is 12.7. The molecular formula is C14H9N3O6S. The number of carbonyl (C=O) groups is 3. The van der Waals surface area contributed by atoms with E-state index in [1.807, 2.05) is 0 Å². The summed E-state index contributed by atoms with van der Waals surface area (Å²) in [5.41, 5.74) is -0.0559. The highest BCUT2D eigenvalue weighted by atomic mass is 32.2. The molecule has 122 valence electrons. The highest BCUT2D eigenvalue weighted by Gasteiger charge is 2.38. The third kappa shape index (κ3) is 2.64. The maximum absolute atomic E-state index is 12.1. The number of imide groups is 1. The summed E-state index contributed by atoms with van der Waals surface area (Å²) in [7, 11) is -3.95. The van der Waals surface area contributed by atoms with Crippen molar-refractivity contribution < 1.29 is 27.6 Å². The minimum atomic E-state index is -3.95. The Morgan fingerprint density at radius 1 is 1.04 bits per heavy atom. The number of nitrogens with two attached hydrogens (primary N) is 1. The minimum Gasteiger partial charge on any atom is -0.323 e. The summed E-state index contributed by atoms with van der Waals surface area (Å²) in [5.74, 6) is -2.64. The number of hydrogen-bond donors (Lipinski definition) is 1. The summed E-state index contributed by atoms with van der Waals surface area (Å²) in [5, 5.41) is 5.25. The monoisotopic (exact) mass is 347 g/mol. The van der Waals surface area contributed by atoms with Crippen LogP contribution in [0.5, 0.6) is 0 Å². The van der Waals surface area contributed by atoms with Crippen LogP contribution in [0.4, 0.5) is 0 Å². The first-order chi connectivity index (χ1) is 11.3. The van der Waals surface area contributed by atoms with Crippen molar-refractivity contribution in [3.63, 3.8) is 0 Å². The Morgan fingerprint density at radius 2 is 1.62 bits per heavy atom. The fourth-order valence-corrected chi connectivity index (χ4v) is 2.51. The van der Waals surface area contributed by atoms with Crippen molar-refractivity contribution in [2.24, 2.45) is 5.14 Å². The van der Waals surface area contributed by atoms with Crippen LogP contribution in [0.2, 0.25) is 0 Å². The average molecular weight is 347 g/mol. The van der Waals surface area contributed by atoms with Gasteiger partial charge >= 0.3 is 5.97 Å². The second kappa shape index (κ2) is 5.51. The summed E-state index contributed by atoms with van der Waals surface area (Å²) >= 11 is 0. The van der Waals surface area contributed by atoms with Crippen LogP contribution in [0.1, 0.15) is 31.2 Å². The first kappa shape index (κ1) is 15.8. The predicted octanol–water partition coefficient (Wildman–Crippen LogP) is 0.0970. The number of hydrogen-bond acceptors (Lipinski definition) is 7. The largest absolute Gasteiger partial charge is 0.382 e. The number of amides is 2. The van der Waals surface area contributed by atoms with Gasteiger partial charge in [-0.3, -0.25) is 9.59 Å². The van der Waals surface area contributed by atoms with Gasteiger partial charge in [-0.05, 0) is 24.3 Å². The number of aromatic nitrogens is 1. The van der Waals surface area contributed by atoms with Gasteiger partial charge in [0.05, 0.1) is 11.1 Å². The molecular weight excluding hydrogens is 338 g/mol. The van der Waals surface area contributed by atoms with Gasteiger partial charge in [-0.2, -0.15) is 0 Å². The van der Waals surface area contributed by atoms with E-state index < -0.39 is 27.8 Å². The van der Waals surface area contributed by atoms with Crippen LogP contribution >= 0.6 is 0 Å². The van der Waals surface area contributed by atoms with Crippen LogP contribution in [0.3, 0.4) is 0 Å². The molecule has 2 heterocycles. The molecule has 2 amide bonds. The van der Waals surface area contributed by atoms with Crippen LogP contribution in [0.25, 0.3) is 0 Å². The Bertz CT molecular complexity index is 933. The molecule has 1 aliphatic heterocycles. The lowest BCUT2D eigenvalue weighted by Crippen LogP contribution is -2.33. The number of primary sulfonamides is 1. The lowest BCUT2D eigenvalue weighted by atomic mass is 10.1. The molecule has 0 aliphatic carbocycles. The first-order valence-electron chi connectivity index (χ1n) is 6.48. The Kier molecular flexibility index (Phi) is 3.62. The van der Waals surface area contributed by atoms with Crippen molar-refractivity contribution in [3.8, 4) is 0 Å². The molecule has 10 heteroatoms. The molecule has 0 saturated heterocycles. The fourth-order valence-electron chi connectivity index (χ4n) is 2.05. The third-order valence-corrected chi connectivity index (χ3v) is 4.10. The van der Waals surface area contributed by atoms with E-state index in [1.54, 1.807) is 12.1 Å². The van der Waals surface area contributed by atoms with Crippen LogP contribution in [0.15, 0.2) is 47.5 Å². The van der Waals surface area contributed by atoms with E-state index in [-0.39, 0.29) is 21.7 Å². The molecule has 1 aliphatic rings. The van der Waals surface area contributed by atoms with Crippen molar-refractivity contribution in [2.75, 3.05) is 0 Å². The molecule has 0 spiro atoms. The van der Waals surface area contributed by atoms with Gasteiger partial charge in [0, 0.05) is 6.20 Å². The van der Waals surface area contributed by atoms with E-state index in [0.717, 1.165) is 18.3 Å². The number of fused-ring (bicyclic) bond motifs is 1. The van der Waals surface area contributed by atoms with Crippen molar-refractivity contribution in [1.82, 2.24) is 10.0 Å². The van der Waals surface area contributed by atoms with Crippen LogP contribution in [-0.2, 0) is 14.9 Å². The number of rotatable bonds is 3. The molecule has 2 N–H and O–H groups in total. The number of carbonyl (C=O) groups excluding carboxylic acids is 3. The van der Waals surface area contributed by atoms with E-state index in [4.69, 9.17) is 9.98 Å². The van der Waals surface area contributed by atoms with Crippen LogP contribution < -0.4 is 5.14 Å². The number of pyridine rings is 1. The second-order valence-electron chi connectivity index (χ2n) is 4.75. The Morgan fingerprint density at radius 3 is 2.08 bits per heavy atom. The van der Waals surface area contributed by atoms with Crippen molar-refractivity contribution in [1.29, 1.82) is 0 Å². The van der Waals surface area contributed by atoms with Gasteiger partial charge in [-0.25, -0.2) is 23.3 Å². The highest BCUT2D eigenvalue weighted by Crippen LogP contribution is 2.23. The van der Waals surface area contributed by atoms with E-state index >= 15 is 0 Å². The third-order valence-electron chi connectivity index (χ3n) is 3.21. The molecule has 1 aromatic heterocycles. The predicted molar refractivity (Wildman–Crippen MR) is 78.0 cm³/mol. The average Bonchev–Trinajstić information content (AvgIpc) is 2.79. The number of nitrogens with zero attached hydrogens (tertiary/aromatic N) is 2. The highest BCUT2D eigenvalue weighted by molar-refractivity contribution is 7.89. The molecule has 0 atom stereocenters. The van der Waals surface area contributed by atoms with E-state index in [1.165, 1.54) is 12.1 Å². The zero-order chi connectivity index (χ0) is 17.5. The summed E-state index contributed by atoms with van der Waals surface area (Å²) in [6, 6.07) is 8.12. The lowest BCUT2D eigenvalue weighted by molar-refractivity contribution is -0.0588. The Labute approximate surface area is 135 Å². The maximum atomic E-state index is 12.1. The molecule has 3 rings (SSSR count). The SMILES string of the molecule is NS(=O)(=O)c1ccc(C(=O)ON2C(=O)c3ccccc3C2=O)nc1. The van der Waals surface area contributed by atoms with Crippen LogP contribution in [0, 0.1) is 0 Å². The minimum absolute atomic E-state index is 0.118. The summed E-state index contributed by atoms with van der Waals surface area (Å²) in [6.45, 7) is 0. The van der Waals surface area contributed by atoms with Gasteiger partial charge in [-0.1, -0.05) is 17.2 Å². The number of benzene rings is 1. The maximum Gasteiger partial charge on any atom is 0.382 e. The van der Waals surface area contributed by atoms with Gasteiger partial charge in [0.25, 0.3) is 11.8 Å². The molecule has 9 nitrogen and oxygen atoms in total. The number of hydroxylamine groups is 2. The Balaban J connectivity index is 1.81. The topological polar surface area (TPSA) is 137 Å². The quantitative estimate of drug-likeness (QED) is 0.777. The van der Waals surface area contributed by atoms with E-state index in [0.29, 0.717) is 5.06 Å². The van der Waals surface area contributed by atoms with Gasteiger partial charge in [-0.15, -0.1) is 0 Å². The second-order valence-corrected chi connectivity index (χ2v) is 6.31. The molecule has 0 unspecified atom stereocenters. The van der Waals surface area contributed by atoms with Crippen LogP contribution in [-0.4, -0.2) is 36.2 Å². The molecule has 0 fully saturated rings. The van der Waals surface area contributed by atoms with Gasteiger partial charge in [0.1, 0.15) is 4.90 Å². The van der Waals surface area contributed by atoms with Gasteiger partial charge in [0.2, 0.25) is 10.0 Å². The van der Waals surface area contributed by atoms with Gasteiger partial charge < -0.3 is 4.84 Å². The molecule has 24 heavy (non-hydrogen) atoms. The molecule has 0 radical (unpaired) electrons. The molecule has 2 aromatic rings. The van der Waals surface area contributed by atoms with Gasteiger partial charge in [0.15, 0.2) is 5.69 Å². The Hall–Kier alpha value is -3.11. The lowest BCUT2D eigenvalue weighted by Gasteiger charge is -2.12.